The molecule has 1 fully saturated rings. The quantitative estimate of drug-likeness (QED) is 0.416. The van der Waals surface area contributed by atoms with Crippen molar-refractivity contribution in [2.24, 2.45) is 5.92 Å². The topological polar surface area (TPSA) is 35.5 Å². The van der Waals surface area contributed by atoms with Crippen LogP contribution >= 0.6 is 0 Å². The smallest absolute Gasteiger partial charge is 0.293 e. The standard InChI is InChI=1S/C20H28O3Si/c1-5-16-8-12-18(13-9-16)22-23-20(21)17-10-14-19(15-11-17)24(4,6-2)7-3/h6-7,10-11,14-16,18H,2-3,5,8-9,12-13H2,1,4H3. The third kappa shape index (κ3) is 4.45. The molecule has 3 nitrogen and oxygen atoms in total. The first-order valence-electron chi connectivity index (χ1n) is 8.77. The number of rotatable bonds is 7. The summed E-state index contributed by atoms with van der Waals surface area (Å²) < 4.78 is 0. The van der Waals surface area contributed by atoms with Crippen molar-refractivity contribution in [1.82, 2.24) is 0 Å². The molecule has 1 aliphatic carbocycles. The highest BCUT2D eigenvalue weighted by molar-refractivity contribution is 6.98. The van der Waals surface area contributed by atoms with Crippen LogP contribution in [0.3, 0.4) is 0 Å². The summed E-state index contributed by atoms with van der Waals surface area (Å²) in [5.41, 5.74) is 4.46. The number of carbonyl (C=O) groups is 1. The number of hydrogen-bond donors (Lipinski definition) is 0. The molecule has 0 saturated heterocycles. The largest absolute Gasteiger partial charge is 0.373 e. The fourth-order valence-corrected chi connectivity index (χ4v) is 4.60. The number of hydrogen-bond acceptors (Lipinski definition) is 3. The Hall–Kier alpha value is -1.65. The van der Waals surface area contributed by atoms with Crippen molar-refractivity contribution in [2.75, 3.05) is 0 Å². The van der Waals surface area contributed by atoms with Crippen LogP contribution in [-0.2, 0) is 9.78 Å². The molecule has 4 heteroatoms. The molecule has 1 aliphatic rings. The molecule has 2 rings (SSSR count). The molecule has 24 heavy (non-hydrogen) atoms. The SMILES string of the molecule is C=C[Si](C)(C=C)c1ccc(C(=O)OOC2CCC(CC)CC2)cc1. The van der Waals surface area contributed by atoms with Gasteiger partial charge in [-0.2, -0.15) is 4.89 Å². The highest BCUT2D eigenvalue weighted by Gasteiger charge is 2.24. The van der Waals surface area contributed by atoms with E-state index in [-0.39, 0.29) is 6.10 Å². The van der Waals surface area contributed by atoms with Crippen LogP contribution in [0.4, 0.5) is 0 Å². The highest BCUT2D eigenvalue weighted by Crippen LogP contribution is 2.28. The molecule has 1 aromatic rings. The van der Waals surface area contributed by atoms with Crippen LogP contribution in [0, 0.1) is 5.92 Å². The van der Waals surface area contributed by atoms with Crippen molar-refractivity contribution in [3.8, 4) is 0 Å². The summed E-state index contributed by atoms with van der Waals surface area (Å²) in [6, 6.07) is 7.48. The van der Waals surface area contributed by atoms with Crippen molar-refractivity contribution < 1.29 is 14.6 Å². The van der Waals surface area contributed by atoms with E-state index in [1.807, 2.05) is 23.5 Å². The number of carbonyl (C=O) groups excluding carboxylic acids is 1. The molecule has 130 valence electrons. The third-order valence-corrected chi connectivity index (χ3v) is 8.50. The Labute approximate surface area is 146 Å². The van der Waals surface area contributed by atoms with Crippen LogP contribution in [-0.4, -0.2) is 20.1 Å². The molecule has 0 heterocycles. The van der Waals surface area contributed by atoms with Crippen LogP contribution < -0.4 is 5.19 Å². The predicted molar refractivity (Wildman–Crippen MR) is 101 cm³/mol. The van der Waals surface area contributed by atoms with E-state index in [1.54, 1.807) is 12.1 Å². The van der Waals surface area contributed by atoms with Gasteiger partial charge in [0.15, 0.2) is 0 Å². The predicted octanol–water partition coefficient (Wildman–Crippen LogP) is 4.48. The molecule has 0 spiro atoms. The van der Waals surface area contributed by atoms with Crippen molar-refractivity contribution >= 4 is 19.2 Å². The van der Waals surface area contributed by atoms with E-state index in [4.69, 9.17) is 9.78 Å². The molecule has 0 unspecified atom stereocenters. The molecule has 0 amide bonds. The average molecular weight is 345 g/mol. The molecule has 0 bridgehead atoms. The molecule has 0 radical (unpaired) electrons. The van der Waals surface area contributed by atoms with Crippen molar-refractivity contribution in [3.05, 3.63) is 54.4 Å². The first kappa shape index (κ1) is 18.7. The first-order chi connectivity index (χ1) is 11.5. The van der Waals surface area contributed by atoms with Gasteiger partial charge in [-0.15, -0.1) is 13.2 Å². The lowest BCUT2D eigenvalue weighted by Gasteiger charge is -2.26. The zero-order valence-electron chi connectivity index (χ0n) is 14.8. The highest BCUT2D eigenvalue weighted by atomic mass is 28.3. The summed E-state index contributed by atoms with van der Waals surface area (Å²) in [4.78, 5) is 22.5. The second-order valence-corrected chi connectivity index (χ2v) is 10.7. The molecule has 0 atom stereocenters. The monoisotopic (exact) mass is 344 g/mol. The maximum atomic E-state index is 12.1. The lowest BCUT2D eigenvalue weighted by Crippen LogP contribution is -2.40. The first-order valence-corrected chi connectivity index (χ1v) is 11.4. The fraction of sp³-hybridized carbons (Fsp3) is 0.450. The molecule has 0 aromatic heterocycles. The molecule has 1 saturated carbocycles. The Morgan fingerprint density at radius 2 is 1.75 bits per heavy atom. The maximum Gasteiger partial charge on any atom is 0.373 e. The van der Waals surface area contributed by atoms with Gasteiger partial charge in [-0.05, 0) is 43.7 Å². The summed E-state index contributed by atoms with van der Waals surface area (Å²) >= 11 is 0. The normalized spacial score (nSPS) is 21.1. The summed E-state index contributed by atoms with van der Waals surface area (Å²) in [5, 5.41) is 1.17. The summed E-state index contributed by atoms with van der Waals surface area (Å²) in [6.45, 7) is 12.2. The van der Waals surface area contributed by atoms with E-state index in [2.05, 4.69) is 26.6 Å². The number of benzene rings is 1. The Morgan fingerprint density at radius 1 is 1.17 bits per heavy atom. The molecule has 1 aromatic carbocycles. The van der Waals surface area contributed by atoms with E-state index in [0.29, 0.717) is 5.56 Å². The van der Waals surface area contributed by atoms with Gasteiger partial charge < -0.3 is 0 Å². The zero-order chi connectivity index (χ0) is 17.6. The lowest BCUT2D eigenvalue weighted by molar-refractivity contribution is -0.280. The maximum absolute atomic E-state index is 12.1. The Kier molecular flexibility index (Phi) is 6.57. The van der Waals surface area contributed by atoms with Crippen LogP contribution in [0.1, 0.15) is 49.4 Å². The van der Waals surface area contributed by atoms with Crippen LogP contribution in [0.5, 0.6) is 0 Å². The minimum atomic E-state index is -1.84. The Morgan fingerprint density at radius 3 is 2.25 bits per heavy atom. The lowest BCUT2D eigenvalue weighted by atomic mass is 9.86. The van der Waals surface area contributed by atoms with Gasteiger partial charge in [0.25, 0.3) is 0 Å². The van der Waals surface area contributed by atoms with Gasteiger partial charge in [0.1, 0.15) is 14.2 Å². The summed E-state index contributed by atoms with van der Waals surface area (Å²) in [7, 11) is -1.84. The fourth-order valence-electron chi connectivity index (χ4n) is 3.08. The third-order valence-electron chi connectivity index (χ3n) is 5.22. The second-order valence-electron chi connectivity index (χ2n) is 6.79. The van der Waals surface area contributed by atoms with E-state index >= 15 is 0 Å². The second kappa shape index (κ2) is 8.45. The van der Waals surface area contributed by atoms with Gasteiger partial charge in [-0.1, -0.05) is 48.6 Å². The van der Waals surface area contributed by atoms with Crippen LogP contribution in [0.15, 0.2) is 48.8 Å². The van der Waals surface area contributed by atoms with Gasteiger partial charge in [0.2, 0.25) is 0 Å². The van der Waals surface area contributed by atoms with Gasteiger partial charge in [-0.25, -0.2) is 4.79 Å². The van der Waals surface area contributed by atoms with Gasteiger partial charge in [-0.3, -0.25) is 4.89 Å². The Balaban J connectivity index is 1.89. The van der Waals surface area contributed by atoms with E-state index in [0.717, 1.165) is 31.6 Å². The van der Waals surface area contributed by atoms with E-state index in [9.17, 15) is 4.79 Å². The Bertz CT molecular complexity index is 563. The van der Waals surface area contributed by atoms with Gasteiger partial charge >= 0.3 is 5.97 Å². The van der Waals surface area contributed by atoms with Gasteiger partial charge in [0.05, 0.1) is 5.56 Å². The van der Waals surface area contributed by atoms with Crippen molar-refractivity contribution in [2.45, 2.75) is 51.7 Å². The minimum Gasteiger partial charge on any atom is -0.293 e. The molecular weight excluding hydrogens is 316 g/mol. The van der Waals surface area contributed by atoms with E-state index < -0.39 is 14.0 Å². The summed E-state index contributed by atoms with van der Waals surface area (Å²) in [5.74, 6) is 0.362. The van der Waals surface area contributed by atoms with E-state index in [1.165, 1.54) is 11.6 Å². The average Bonchev–Trinajstić information content (AvgIpc) is 2.66. The van der Waals surface area contributed by atoms with Crippen LogP contribution in [0.2, 0.25) is 6.55 Å². The van der Waals surface area contributed by atoms with Crippen molar-refractivity contribution in [3.63, 3.8) is 0 Å². The molecule has 0 aliphatic heterocycles. The van der Waals surface area contributed by atoms with Gasteiger partial charge in [0, 0.05) is 0 Å². The molecular formula is C20H28O3Si. The molecule has 0 N–H and O–H groups in total. The minimum absolute atomic E-state index is 0.0354. The zero-order valence-corrected chi connectivity index (χ0v) is 15.8. The summed E-state index contributed by atoms with van der Waals surface area (Å²) in [6.07, 6.45) is 5.49. The van der Waals surface area contributed by atoms with Crippen LogP contribution in [0.25, 0.3) is 0 Å². The van der Waals surface area contributed by atoms with Crippen molar-refractivity contribution in [1.29, 1.82) is 0 Å².